The van der Waals surface area contributed by atoms with Gasteiger partial charge in [-0.1, -0.05) is 6.07 Å². The molecule has 4 heterocycles. The lowest BCUT2D eigenvalue weighted by molar-refractivity contribution is -0.0906. The summed E-state index contributed by atoms with van der Waals surface area (Å²) in [5.41, 5.74) is 6.04. The van der Waals surface area contributed by atoms with Crippen molar-refractivity contribution in [3.05, 3.63) is 56.9 Å². The molecule has 1 saturated heterocycles. The second-order valence-electron chi connectivity index (χ2n) is 8.71. The van der Waals surface area contributed by atoms with Gasteiger partial charge in [-0.3, -0.25) is 4.79 Å². The number of fused-ring (bicyclic) bond motifs is 5. The van der Waals surface area contributed by atoms with Crippen LogP contribution < -0.4 is 0 Å². The highest BCUT2D eigenvalue weighted by molar-refractivity contribution is 7.10. The Morgan fingerprint density at radius 2 is 1.97 bits per heavy atom. The van der Waals surface area contributed by atoms with Crippen LogP contribution in [0.3, 0.4) is 0 Å². The molecule has 6 rings (SSSR count). The molecule has 1 fully saturated rings. The molecule has 3 aromatic rings. The number of likely N-dealkylation sites (tertiary alicyclic amines) is 1. The maximum absolute atomic E-state index is 13.2. The van der Waals surface area contributed by atoms with Crippen LogP contribution in [0.15, 0.2) is 29.6 Å². The second-order valence-corrected chi connectivity index (χ2v) is 9.63. The third-order valence-electron chi connectivity index (χ3n) is 7.11. The van der Waals surface area contributed by atoms with E-state index in [1.54, 1.807) is 0 Å². The van der Waals surface area contributed by atoms with Gasteiger partial charge in [0.25, 0.3) is 5.91 Å². The summed E-state index contributed by atoms with van der Waals surface area (Å²) in [6.07, 6.45) is 7.62. The Morgan fingerprint density at radius 1 is 1.10 bits per heavy atom. The van der Waals surface area contributed by atoms with Crippen molar-refractivity contribution in [1.82, 2.24) is 9.88 Å². The fraction of sp³-hybridized carbons (Fsp3) is 0.458. The summed E-state index contributed by atoms with van der Waals surface area (Å²) < 4.78 is 6.30. The molecular weight excluding hydrogens is 380 g/mol. The number of amides is 1. The molecule has 0 radical (unpaired) electrons. The summed E-state index contributed by atoms with van der Waals surface area (Å²) >= 11 is 1.82. The van der Waals surface area contributed by atoms with E-state index in [1.165, 1.54) is 39.9 Å². The first kappa shape index (κ1) is 17.7. The Balaban J connectivity index is 1.23. The second kappa shape index (κ2) is 6.71. The number of carbonyl (C=O) groups is 1. The Morgan fingerprint density at radius 3 is 2.86 bits per heavy atom. The van der Waals surface area contributed by atoms with Crippen LogP contribution in [-0.2, 0) is 29.6 Å². The van der Waals surface area contributed by atoms with Crippen LogP contribution in [0.5, 0.6) is 0 Å². The molecule has 0 bridgehead atoms. The van der Waals surface area contributed by atoms with Crippen molar-refractivity contribution in [2.24, 2.45) is 0 Å². The number of thiophene rings is 1. The van der Waals surface area contributed by atoms with E-state index in [1.807, 2.05) is 22.3 Å². The van der Waals surface area contributed by atoms with Crippen LogP contribution >= 0.6 is 11.3 Å². The van der Waals surface area contributed by atoms with Crippen LogP contribution in [0.2, 0.25) is 0 Å². The van der Waals surface area contributed by atoms with Gasteiger partial charge >= 0.3 is 0 Å². The van der Waals surface area contributed by atoms with E-state index >= 15 is 0 Å². The smallest absolute Gasteiger partial charge is 0.253 e. The number of nitrogens with one attached hydrogen (secondary N) is 1. The van der Waals surface area contributed by atoms with Crippen LogP contribution in [0.25, 0.3) is 10.9 Å². The zero-order valence-electron chi connectivity index (χ0n) is 16.6. The number of aromatic nitrogens is 1. The number of hydrogen-bond donors (Lipinski definition) is 1. The van der Waals surface area contributed by atoms with E-state index in [-0.39, 0.29) is 11.5 Å². The van der Waals surface area contributed by atoms with Crippen LogP contribution in [0.1, 0.15) is 57.7 Å². The van der Waals surface area contributed by atoms with Crippen molar-refractivity contribution in [3.8, 4) is 0 Å². The number of piperidine rings is 1. The molecule has 1 aromatic carbocycles. The highest BCUT2D eigenvalue weighted by Crippen LogP contribution is 2.44. The van der Waals surface area contributed by atoms with Crippen molar-refractivity contribution < 1.29 is 9.53 Å². The number of carbonyl (C=O) groups excluding carboxylic acids is 1. The summed E-state index contributed by atoms with van der Waals surface area (Å²) in [7, 11) is 0. The van der Waals surface area contributed by atoms with Gasteiger partial charge < -0.3 is 14.6 Å². The summed E-state index contributed by atoms with van der Waals surface area (Å²) in [5.74, 6) is 0.150. The molecule has 2 aliphatic heterocycles. The molecule has 150 valence electrons. The van der Waals surface area contributed by atoms with Gasteiger partial charge in [0.1, 0.15) is 5.60 Å². The molecule has 0 unspecified atom stereocenters. The van der Waals surface area contributed by atoms with Gasteiger partial charge in [-0.25, -0.2) is 0 Å². The summed E-state index contributed by atoms with van der Waals surface area (Å²) in [5, 5.41) is 3.48. The quantitative estimate of drug-likeness (QED) is 0.630. The first-order valence-electron chi connectivity index (χ1n) is 10.9. The lowest BCUT2D eigenvalue weighted by Crippen LogP contribution is -2.47. The van der Waals surface area contributed by atoms with Crippen LogP contribution in [0.4, 0.5) is 0 Å². The lowest BCUT2D eigenvalue weighted by atomic mass is 9.85. The molecule has 4 nitrogen and oxygen atoms in total. The first-order chi connectivity index (χ1) is 14.2. The number of rotatable bonds is 1. The minimum atomic E-state index is -0.166. The molecule has 1 spiro atoms. The van der Waals surface area contributed by atoms with Crippen molar-refractivity contribution in [3.63, 3.8) is 0 Å². The minimum absolute atomic E-state index is 0.150. The Bertz CT molecular complexity index is 1090. The number of hydrogen-bond acceptors (Lipinski definition) is 3. The maximum atomic E-state index is 13.2. The van der Waals surface area contributed by atoms with Crippen molar-refractivity contribution >= 4 is 28.1 Å². The molecule has 0 atom stereocenters. The number of H-pyrrole nitrogens is 1. The van der Waals surface area contributed by atoms with Gasteiger partial charge in [0.05, 0.1) is 6.61 Å². The first-order valence-corrected chi connectivity index (χ1v) is 11.8. The van der Waals surface area contributed by atoms with Gasteiger partial charge in [-0.05, 0) is 79.7 Å². The lowest BCUT2D eigenvalue weighted by Gasteiger charge is -2.43. The summed E-state index contributed by atoms with van der Waals surface area (Å²) in [6, 6.07) is 8.48. The van der Waals surface area contributed by atoms with E-state index in [2.05, 4.69) is 28.6 Å². The molecule has 1 N–H and O–H groups in total. The van der Waals surface area contributed by atoms with Gasteiger partial charge in [0.15, 0.2) is 0 Å². The molecule has 0 saturated carbocycles. The largest absolute Gasteiger partial charge is 0.369 e. The predicted octanol–water partition coefficient (Wildman–Crippen LogP) is 4.81. The third-order valence-corrected chi connectivity index (χ3v) is 8.26. The normalized spacial score (nSPS) is 20.6. The third kappa shape index (κ3) is 2.78. The molecule has 3 aliphatic rings. The molecule has 2 aromatic heterocycles. The average molecular weight is 407 g/mol. The van der Waals surface area contributed by atoms with E-state index in [0.29, 0.717) is 0 Å². The fourth-order valence-electron chi connectivity index (χ4n) is 5.53. The van der Waals surface area contributed by atoms with Gasteiger partial charge in [0.2, 0.25) is 0 Å². The van der Waals surface area contributed by atoms with Crippen LogP contribution in [0, 0.1) is 0 Å². The highest BCUT2D eigenvalue weighted by atomic mass is 32.1. The summed E-state index contributed by atoms with van der Waals surface area (Å²) in [6.45, 7) is 2.32. The average Bonchev–Trinajstić information content (AvgIpc) is 3.39. The maximum Gasteiger partial charge on any atom is 0.253 e. The van der Waals surface area contributed by atoms with Crippen molar-refractivity contribution in [1.29, 1.82) is 0 Å². The van der Waals surface area contributed by atoms with Gasteiger partial charge in [0, 0.05) is 40.1 Å². The Kier molecular flexibility index (Phi) is 4.10. The topological polar surface area (TPSA) is 45.3 Å². The predicted molar refractivity (Wildman–Crippen MR) is 116 cm³/mol. The van der Waals surface area contributed by atoms with Gasteiger partial charge in [-0.2, -0.15) is 0 Å². The molecule has 1 aliphatic carbocycles. The molecule has 29 heavy (non-hydrogen) atoms. The number of nitrogens with zero attached hydrogens (tertiary/aromatic N) is 1. The van der Waals surface area contributed by atoms with E-state index in [4.69, 9.17) is 4.74 Å². The minimum Gasteiger partial charge on any atom is -0.369 e. The Hall–Kier alpha value is -2.11. The molecule has 5 heteroatoms. The monoisotopic (exact) mass is 406 g/mol. The zero-order valence-corrected chi connectivity index (χ0v) is 17.4. The van der Waals surface area contributed by atoms with Crippen molar-refractivity contribution in [2.45, 2.75) is 50.5 Å². The Labute approximate surface area is 174 Å². The number of benzene rings is 1. The summed E-state index contributed by atoms with van der Waals surface area (Å²) in [4.78, 5) is 20.2. The highest BCUT2D eigenvalue weighted by Gasteiger charge is 2.42. The number of aryl methyl sites for hydroxylation is 2. The number of ether oxygens (including phenoxy) is 1. The SMILES string of the molecule is O=C(c1ccc2c3c([nH]c2c1)CCCC3)N1CCC2(CC1)OCCc1ccsc12. The van der Waals surface area contributed by atoms with E-state index < -0.39 is 0 Å². The molecular formula is C24H26N2O2S. The van der Waals surface area contributed by atoms with Crippen molar-refractivity contribution in [2.75, 3.05) is 19.7 Å². The zero-order chi connectivity index (χ0) is 19.4. The van der Waals surface area contributed by atoms with E-state index in [0.717, 1.165) is 62.9 Å². The number of aromatic amines is 1. The molecule has 1 amide bonds. The fourth-order valence-corrected chi connectivity index (χ4v) is 6.69. The standard InChI is InChI=1S/C24H26N2O2S/c27-23(17-5-6-19-18-3-1-2-4-20(18)25-21(19)15-17)26-11-9-24(10-12-26)22-16(7-13-28-24)8-14-29-22/h5-6,8,14-15,25H,1-4,7,9-13H2. The van der Waals surface area contributed by atoms with Crippen LogP contribution in [-0.4, -0.2) is 35.5 Å². The van der Waals surface area contributed by atoms with E-state index in [9.17, 15) is 4.79 Å². The van der Waals surface area contributed by atoms with Gasteiger partial charge in [-0.15, -0.1) is 11.3 Å².